The molecule has 23 heavy (non-hydrogen) atoms. The van der Waals surface area contributed by atoms with Gasteiger partial charge in [0.05, 0.1) is 11.6 Å². The van der Waals surface area contributed by atoms with Crippen molar-refractivity contribution in [2.75, 3.05) is 20.6 Å². The normalized spacial score (nSPS) is 13.0. The first-order valence-corrected chi connectivity index (χ1v) is 8.16. The zero-order valence-corrected chi connectivity index (χ0v) is 15.0. The summed E-state index contributed by atoms with van der Waals surface area (Å²) in [7, 11) is 5.84. The molecule has 0 aliphatic heterocycles. The van der Waals surface area contributed by atoms with Gasteiger partial charge in [-0.05, 0) is 17.5 Å². The number of rotatable bonds is 5. The van der Waals surface area contributed by atoms with Crippen LogP contribution in [0.3, 0.4) is 0 Å². The van der Waals surface area contributed by atoms with Crippen molar-refractivity contribution < 1.29 is 0 Å². The number of aryl methyl sites for hydroxylation is 1. The Kier molecular flexibility index (Phi) is 6.11. The predicted molar refractivity (Wildman–Crippen MR) is 98.1 cm³/mol. The third-order valence-electron chi connectivity index (χ3n) is 3.98. The van der Waals surface area contributed by atoms with Crippen molar-refractivity contribution in [1.82, 2.24) is 14.8 Å². The molecule has 1 N–H and O–H groups in total. The number of halogens is 1. The minimum Gasteiger partial charge on any atom is -0.356 e. The quantitative estimate of drug-likeness (QED) is 0.671. The van der Waals surface area contributed by atoms with Crippen molar-refractivity contribution in [3.8, 4) is 0 Å². The summed E-state index contributed by atoms with van der Waals surface area (Å²) in [6.07, 6.45) is 1.92. The van der Waals surface area contributed by atoms with E-state index in [0.717, 1.165) is 29.8 Å². The maximum atomic E-state index is 6.05. The number of aliphatic imine (C=N–C) groups is 1. The molecule has 0 spiro atoms. The first-order valence-electron chi connectivity index (χ1n) is 7.78. The second-order valence-electron chi connectivity index (χ2n) is 5.86. The van der Waals surface area contributed by atoms with Crippen LogP contribution in [0.1, 0.15) is 24.1 Å². The number of guanidine groups is 1. The maximum absolute atomic E-state index is 6.05. The van der Waals surface area contributed by atoms with Gasteiger partial charge < -0.3 is 14.8 Å². The Balaban J connectivity index is 1.93. The molecule has 1 heterocycles. The van der Waals surface area contributed by atoms with Crippen LogP contribution in [0.5, 0.6) is 0 Å². The molecule has 0 bridgehead atoms. The lowest BCUT2D eigenvalue weighted by Gasteiger charge is -2.24. The van der Waals surface area contributed by atoms with E-state index >= 15 is 0 Å². The molecule has 124 valence electrons. The van der Waals surface area contributed by atoms with E-state index in [9.17, 15) is 0 Å². The highest BCUT2D eigenvalue weighted by Crippen LogP contribution is 2.15. The van der Waals surface area contributed by atoms with Crippen molar-refractivity contribution in [1.29, 1.82) is 0 Å². The Morgan fingerprint density at radius 2 is 2.04 bits per heavy atom. The van der Waals surface area contributed by atoms with Crippen molar-refractivity contribution >= 4 is 17.6 Å². The SMILES string of the molecule is CN=C(NCC(C)c1ccccc1)N(C)Cc1cc(Cl)cn1C. The van der Waals surface area contributed by atoms with Gasteiger partial charge in [-0.15, -0.1) is 0 Å². The van der Waals surface area contributed by atoms with Crippen LogP contribution in [0.2, 0.25) is 5.02 Å². The summed E-state index contributed by atoms with van der Waals surface area (Å²) in [5.41, 5.74) is 2.48. The highest BCUT2D eigenvalue weighted by molar-refractivity contribution is 6.30. The van der Waals surface area contributed by atoms with E-state index in [-0.39, 0.29) is 0 Å². The fourth-order valence-electron chi connectivity index (χ4n) is 2.57. The largest absolute Gasteiger partial charge is 0.356 e. The van der Waals surface area contributed by atoms with E-state index in [1.165, 1.54) is 5.56 Å². The lowest BCUT2D eigenvalue weighted by atomic mass is 10.0. The summed E-state index contributed by atoms with van der Waals surface area (Å²) < 4.78 is 2.04. The van der Waals surface area contributed by atoms with Gasteiger partial charge in [0, 0.05) is 39.6 Å². The third kappa shape index (κ3) is 4.76. The molecule has 0 fully saturated rings. The zero-order chi connectivity index (χ0) is 16.8. The average molecular weight is 333 g/mol. The Bertz CT molecular complexity index is 648. The minimum absolute atomic E-state index is 0.422. The predicted octanol–water partition coefficient (Wildman–Crippen LogP) is 3.49. The molecule has 0 saturated carbocycles. The summed E-state index contributed by atoms with van der Waals surface area (Å²) in [6.45, 7) is 3.81. The molecule has 0 aliphatic rings. The van der Waals surface area contributed by atoms with Crippen LogP contribution in [0.25, 0.3) is 0 Å². The van der Waals surface area contributed by atoms with Crippen LogP contribution >= 0.6 is 11.6 Å². The summed E-state index contributed by atoms with van der Waals surface area (Å²) in [4.78, 5) is 6.48. The van der Waals surface area contributed by atoms with Crippen molar-refractivity contribution in [3.05, 3.63) is 58.9 Å². The van der Waals surface area contributed by atoms with Gasteiger partial charge in [-0.3, -0.25) is 4.99 Å². The van der Waals surface area contributed by atoms with E-state index in [1.807, 2.05) is 44.0 Å². The Morgan fingerprint density at radius 1 is 1.35 bits per heavy atom. The number of benzene rings is 1. The standard InChI is InChI=1S/C18H25ClN4/c1-14(15-8-6-5-7-9-15)11-21-18(20-2)23(4)13-17-10-16(19)12-22(17)3/h5-10,12,14H,11,13H2,1-4H3,(H,20,21). The fourth-order valence-corrected chi connectivity index (χ4v) is 2.84. The summed E-state index contributed by atoms with van der Waals surface area (Å²) >= 11 is 6.05. The lowest BCUT2D eigenvalue weighted by molar-refractivity contribution is 0.459. The van der Waals surface area contributed by atoms with Crippen molar-refractivity contribution in [2.45, 2.75) is 19.4 Å². The Hall–Kier alpha value is -1.94. The van der Waals surface area contributed by atoms with Gasteiger partial charge >= 0.3 is 0 Å². The van der Waals surface area contributed by atoms with Crippen LogP contribution in [0.15, 0.2) is 47.6 Å². The molecule has 1 aromatic carbocycles. The van der Waals surface area contributed by atoms with Gasteiger partial charge in [0.15, 0.2) is 5.96 Å². The summed E-state index contributed by atoms with van der Waals surface area (Å²) in [6, 6.07) is 12.5. The van der Waals surface area contributed by atoms with Gasteiger partial charge in [0.25, 0.3) is 0 Å². The highest BCUT2D eigenvalue weighted by atomic mass is 35.5. The topological polar surface area (TPSA) is 32.6 Å². The van der Waals surface area contributed by atoms with E-state index in [1.54, 1.807) is 0 Å². The molecule has 2 rings (SSSR count). The average Bonchev–Trinajstić information content (AvgIpc) is 2.86. The van der Waals surface area contributed by atoms with Crippen LogP contribution in [0, 0.1) is 0 Å². The molecule has 1 unspecified atom stereocenters. The number of nitrogens with one attached hydrogen (secondary N) is 1. The van der Waals surface area contributed by atoms with E-state index in [4.69, 9.17) is 11.6 Å². The van der Waals surface area contributed by atoms with E-state index < -0.39 is 0 Å². The molecule has 0 aliphatic carbocycles. The van der Waals surface area contributed by atoms with Crippen LogP contribution in [-0.4, -0.2) is 36.1 Å². The van der Waals surface area contributed by atoms with Gasteiger partial charge in [-0.2, -0.15) is 0 Å². The molecule has 0 amide bonds. The molecular formula is C18H25ClN4. The second kappa shape index (κ2) is 8.06. The molecule has 0 radical (unpaired) electrons. The number of hydrogen-bond donors (Lipinski definition) is 1. The summed E-state index contributed by atoms with van der Waals surface area (Å²) in [5, 5.41) is 4.21. The Morgan fingerprint density at radius 3 is 2.61 bits per heavy atom. The van der Waals surface area contributed by atoms with E-state index in [2.05, 4.69) is 46.4 Å². The first-order chi connectivity index (χ1) is 11.0. The van der Waals surface area contributed by atoms with Gasteiger partial charge in [-0.25, -0.2) is 0 Å². The lowest BCUT2D eigenvalue weighted by Crippen LogP contribution is -2.40. The maximum Gasteiger partial charge on any atom is 0.193 e. The smallest absolute Gasteiger partial charge is 0.193 e. The molecule has 5 heteroatoms. The zero-order valence-electron chi connectivity index (χ0n) is 14.3. The monoisotopic (exact) mass is 332 g/mol. The van der Waals surface area contributed by atoms with Gasteiger partial charge in [0.1, 0.15) is 0 Å². The molecule has 1 atom stereocenters. The van der Waals surface area contributed by atoms with Gasteiger partial charge in [0.2, 0.25) is 0 Å². The third-order valence-corrected chi connectivity index (χ3v) is 4.19. The van der Waals surface area contributed by atoms with Crippen LogP contribution in [0.4, 0.5) is 0 Å². The molecular weight excluding hydrogens is 308 g/mol. The molecule has 1 aromatic heterocycles. The van der Waals surface area contributed by atoms with Crippen LogP contribution < -0.4 is 5.32 Å². The van der Waals surface area contributed by atoms with E-state index in [0.29, 0.717) is 5.92 Å². The minimum atomic E-state index is 0.422. The summed E-state index contributed by atoms with van der Waals surface area (Å²) in [5.74, 6) is 1.30. The number of aromatic nitrogens is 1. The Labute approximate surface area is 143 Å². The second-order valence-corrected chi connectivity index (χ2v) is 6.29. The van der Waals surface area contributed by atoms with Crippen LogP contribution in [-0.2, 0) is 13.6 Å². The molecule has 0 saturated heterocycles. The van der Waals surface area contributed by atoms with Gasteiger partial charge in [-0.1, -0.05) is 48.9 Å². The number of nitrogens with zero attached hydrogens (tertiary/aromatic N) is 3. The first kappa shape index (κ1) is 17.4. The molecule has 4 nitrogen and oxygen atoms in total. The fraction of sp³-hybridized carbons (Fsp3) is 0.389. The highest BCUT2D eigenvalue weighted by Gasteiger charge is 2.11. The molecule has 2 aromatic rings. The van der Waals surface area contributed by atoms with Crippen molar-refractivity contribution in [2.24, 2.45) is 12.0 Å². The number of hydrogen-bond acceptors (Lipinski definition) is 1. The van der Waals surface area contributed by atoms with Crippen molar-refractivity contribution in [3.63, 3.8) is 0 Å².